The van der Waals surface area contributed by atoms with Crippen molar-refractivity contribution in [2.45, 2.75) is 26.8 Å². The minimum absolute atomic E-state index is 0.483. The van der Waals surface area contributed by atoms with Gasteiger partial charge in [-0.3, -0.25) is 9.67 Å². The van der Waals surface area contributed by atoms with Gasteiger partial charge in [0, 0.05) is 25.8 Å². The third kappa shape index (κ3) is 4.50. The number of hydrogen-bond acceptors (Lipinski definition) is 2. The highest BCUT2D eigenvalue weighted by Gasteiger charge is 2.00. The molecule has 18 heavy (non-hydrogen) atoms. The summed E-state index contributed by atoms with van der Waals surface area (Å²) in [5.74, 6) is 3.25. The molecule has 1 aromatic rings. The van der Waals surface area contributed by atoms with Gasteiger partial charge in [-0.15, -0.1) is 6.42 Å². The fraction of sp³-hybridized carbons (Fsp3) is 0.538. The average molecular weight is 247 g/mol. The predicted octanol–water partition coefficient (Wildman–Crippen LogP) is 0.688. The first kappa shape index (κ1) is 14.1. The third-order valence-electron chi connectivity index (χ3n) is 2.52. The van der Waals surface area contributed by atoms with Crippen LogP contribution in [0.1, 0.15) is 17.8 Å². The van der Waals surface area contributed by atoms with E-state index in [2.05, 4.69) is 39.6 Å². The molecule has 0 aliphatic rings. The lowest BCUT2D eigenvalue weighted by Crippen LogP contribution is -2.38. The van der Waals surface area contributed by atoms with Crippen LogP contribution in [0.2, 0.25) is 0 Å². The van der Waals surface area contributed by atoms with E-state index in [4.69, 9.17) is 6.42 Å². The van der Waals surface area contributed by atoms with Gasteiger partial charge in [-0.25, -0.2) is 0 Å². The predicted molar refractivity (Wildman–Crippen MR) is 74.5 cm³/mol. The molecule has 1 rings (SSSR count). The Balaban J connectivity index is 2.26. The monoisotopic (exact) mass is 247 g/mol. The molecule has 5 nitrogen and oxygen atoms in total. The van der Waals surface area contributed by atoms with E-state index in [9.17, 15) is 0 Å². The van der Waals surface area contributed by atoms with Gasteiger partial charge in [0.15, 0.2) is 5.96 Å². The Kier molecular flexibility index (Phi) is 5.78. The van der Waals surface area contributed by atoms with Gasteiger partial charge >= 0.3 is 0 Å². The SMILES string of the molecule is C#CCNC(=NC)NCCCn1nc(C)cc1C. The zero-order valence-corrected chi connectivity index (χ0v) is 11.3. The van der Waals surface area contributed by atoms with E-state index in [1.54, 1.807) is 7.05 Å². The molecule has 1 heterocycles. The summed E-state index contributed by atoms with van der Waals surface area (Å²) < 4.78 is 2.02. The molecule has 0 aromatic carbocycles. The topological polar surface area (TPSA) is 54.2 Å². The first-order valence-electron chi connectivity index (χ1n) is 6.06. The van der Waals surface area contributed by atoms with Gasteiger partial charge < -0.3 is 10.6 Å². The molecule has 1 aromatic heterocycles. The smallest absolute Gasteiger partial charge is 0.191 e. The number of guanidine groups is 1. The fourth-order valence-electron chi connectivity index (χ4n) is 1.69. The zero-order valence-electron chi connectivity index (χ0n) is 11.3. The quantitative estimate of drug-likeness (QED) is 0.348. The Hall–Kier alpha value is -1.96. The maximum Gasteiger partial charge on any atom is 0.191 e. The second kappa shape index (κ2) is 7.38. The first-order valence-corrected chi connectivity index (χ1v) is 6.06. The first-order chi connectivity index (χ1) is 8.67. The van der Waals surface area contributed by atoms with Crippen molar-refractivity contribution in [3.8, 4) is 12.3 Å². The van der Waals surface area contributed by atoms with Crippen molar-refractivity contribution < 1.29 is 0 Å². The number of terminal acetylenes is 1. The molecule has 0 unspecified atom stereocenters. The number of aliphatic imine (C=N–C) groups is 1. The van der Waals surface area contributed by atoms with E-state index in [0.717, 1.165) is 31.2 Å². The van der Waals surface area contributed by atoms with Crippen LogP contribution in [-0.2, 0) is 6.54 Å². The van der Waals surface area contributed by atoms with E-state index in [1.165, 1.54) is 5.69 Å². The van der Waals surface area contributed by atoms with E-state index in [0.29, 0.717) is 6.54 Å². The van der Waals surface area contributed by atoms with Crippen LogP contribution in [0.3, 0.4) is 0 Å². The molecule has 0 amide bonds. The summed E-state index contributed by atoms with van der Waals surface area (Å²) in [5, 5.41) is 10.6. The summed E-state index contributed by atoms with van der Waals surface area (Å²) in [6, 6.07) is 2.08. The number of aromatic nitrogens is 2. The van der Waals surface area contributed by atoms with Gasteiger partial charge in [-0.05, 0) is 26.3 Å². The highest BCUT2D eigenvalue weighted by atomic mass is 15.3. The van der Waals surface area contributed by atoms with Gasteiger partial charge in [-0.1, -0.05) is 5.92 Å². The van der Waals surface area contributed by atoms with E-state index < -0.39 is 0 Å². The Morgan fingerprint density at radius 2 is 2.28 bits per heavy atom. The minimum atomic E-state index is 0.483. The van der Waals surface area contributed by atoms with Gasteiger partial charge in [0.1, 0.15) is 0 Å². The lowest BCUT2D eigenvalue weighted by atomic mass is 10.4. The van der Waals surface area contributed by atoms with Crippen LogP contribution in [0.25, 0.3) is 0 Å². The number of hydrogen-bond donors (Lipinski definition) is 2. The van der Waals surface area contributed by atoms with Crippen molar-refractivity contribution in [3.63, 3.8) is 0 Å². The summed E-state index contributed by atoms with van der Waals surface area (Å²) >= 11 is 0. The normalized spacial score (nSPS) is 11.1. The Labute approximate surface area is 109 Å². The molecule has 0 radical (unpaired) electrons. The summed E-state index contributed by atoms with van der Waals surface area (Å²) in [7, 11) is 1.73. The number of rotatable bonds is 5. The van der Waals surface area contributed by atoms with Gasteiger partial charge in [0.25, 0.3) is 0 Å². The lowest BCUT2D eigenvalue weighted by Gasteiger charge is -2.10. The maximum atomic E-state index is 5.17. The molecule has 0 aliphatic carbocycles. The molecule has 0 aliphatic heterocycles. The molecule has 2 N–H and O–H groups in total. The van der Waals surface area contributed by atoms with E-state index >= 15 is 0 Å². The molecular weight excluding hydrogens is 226 g/mol. The summed E-state index contributed by atoms with van der Waals surface area (Å²) in [5.41, 5.74) is 2.26. The second-order valence-corrected chi connectivity index (χ2v) is 4.06. The number of nitrogens with one attached hydrogen (secondary N) is 2. The van der Waals surface area contributed by atoms with Gasteiger partial charge in [0.05, 0.1) is 12.2 Å². The van der Waals surface area contributed by atoms with Crippen molar-refractivity contribution >= 4 is 5.96 Å². The van der Waals surface area contributed by atoms with Crippen LogP contribution in [0, 0.1) is 26.2 Å². The fourth-order valence-corrected chi connectivity index (χ4v) is 1.69. The highest BCUT2D eigenvalue weighted by molar-refractivity contribution is 5.79. The standard InChI is InChI=1S/C13H21N5/c1-5-7-15-13(14-4)16-8-6-9-18-12(3)10-11(2)17-18/h1,10H,6-9H2,2-4H3,(H2,14,15,16). The van der Waals surface area contributed by atoms with Crippen LogP contribution < -0.4 is 10.6 Å². The zero-order chi connectivity index (χ0) is 13.4. The number of aryl methyl sites for hydroxylation is 3. The largest absolute Gasteiger partial charge is 0.356 e. The van der Waals surface area contributed by atoms with Crippen LogP contribution >= 0.6 is 0 Å². The van der Waals surface area contributed by atoms with Gasteiger partial charge in [-0.2, -0.15) is 5.10 Å². The van der Waals surface area contributed by atoms with Crippen LogP contribution in [0.4, 0.5) is 0 Å². The third-order valence-corrected chi connectivity index (χ3v) is 2.52. The molecule has 0 atom stereocenters. The van der Waals surface area contributed by atoms with Crippen molar-refractivity contribution in [3.05, 3.63) is 17.5 Å². The maximum absolute atomic E-state index is 5.17. The van der Waals surface area contributed by atoms with Crippen LogP contribution in [-0.4, -0.2) is 35.9 Å². The molecule has 0 bridgehead atoms. The average Bonchev–Trinajstić information content (AvgIpc) is 2.67. The van der Waals surface area contributed by atoms with Crippen LogP contribution in [0.5, 0.6) is 0 Å². The van der Waals surface area contributed by atoms with Crippen molar-refractivity contribution in [2.24, 2.45) is 4.99 Å². The van der Waals surface area contributed by atoms with E-state index in [-0.39, 0.29) is 0 Å². The summed E-state index contributed by atoms with van der Waals surface area (Å²) in [6.07, 6.45) is 6.16. The van der Waals surface area contributed by atoms with Crippen molar-refractivity contribution in [1.82, 2.24) is 20.4 Å². The molecule has 98 valence electrons. The Morgan fingerprint density at radius 1 is 1.50 bits per heavy atom. The molecule has 0 fully saturated rings. The Morgan fingerprint density at radius 3 is 2.83 bits per heavy atom. The Bertz CT molecular complexity index is 439. The second-order valence-electron chi connectivity index (χ2n) is 4.06. The molecule has 0 saturated carbocycles. The van der Waals surface area contributed by atoms with Gasteiger partial charge in [0.2, 0.25) is 0 Å². The van der Waals surface area contributed by atoms with Crippen molar-refractivity contribution in [1.29, 1.82) is 0 Å². The summed E-state index contributed by atoms with van der Waals surface area (Å²) in [4.78, 5) is 4.07. The van der Waals surface area contributed by atoms with E-state index in [1.807, 2.05) is 11.6 Å². The molecule has 0 spiro atoms. The number of nitrogens with zero attached hydrogens (tertiary/aromatic N) is 3. The van der Waals surface area contributed by atoms with Crippen molar-refractivity contribution in [2.75, 3.05) is 20.1 Å². The molecule has 5 heteroatoms. The van der Waals surface area contributed by atoms with Crippen LogP contribution in [0.15, 0.2) is 11.1 Å². The summed E-state index contributed by atoms with van der Waals surface area (Å²) in [6.45, 7) is 6.30. The lowest BCUT2D eigenvalue weighted by molar-refractivity contribution is 0.555. The highest BCUT2D eigenvalue weighted by Crippen LogP contribution is 2.01. The molecule has 0 saturated heterocycles. The molecular formula is C13H21N5. The minimum Gasteiger partial charge on any atom is -0.356 e.